The Labute approximate surface area is 166 Å². The molecule has 1 fully saturated rings. The molecule has 1 aliphatic carbocycles. The summed E-state index contributed by atoms with van der Waals surface area (Å²) in [4.78, 5) is 4.99. The van der Waals surface area contributed by atoms with Crippen molar-refractivity contribution in [2.45, 2.75) is 35.7 Å². The minimum atomic E-state index is -3.20. The van der Waals surface area contributed by atoms with E-state index in [0.29, 0.717) is 10.9 Å². The van der Waals surface area contributed by atoms with Gasteiger partial charge in [0.2, 0.25) is 0 Å². The summed E-state index contributed by atoms with van der Waals surface area (Å²) in [5.41, 5.74) is 3.14. The van der Waals surface area contributed by atoms with E-state index in [1.54, 1.807) is 24.3 Å². The van der Waals surface area contributed by atoms with Crippen LogP contribution in [0.15, 0.2) is 47.4 Å². The summed E-state index contributed by atoms with van der Waals surface area (Å²) < 4.78 is 38.1. The number of halogens is 1. The van der Waals surface area contributed by atoms with E-state index >= 15 is 0 Å². The zero-order valence-corrected chi connectivity index (χ0v) is 17.4. The van der Waals surface area contributed by atoms with E-state index in [4.69, 9.17) is 0 Å². The molecule has 1 saturated heterocycles. The monoisotopic (exact) mass is 402 g/mol. The molecule has 0 unspecified atom stereocenters. The maximum atomic E-state index is 14.5. The quantitative estimate of drug-likeness (QED) is 0.787. The molecule has 0 saturated carbocycles. The lowest BCUT2D eigenvalue weighted by Gasteiger charge is -2.26. The molecule has 2 aromatic rings. The normalized spacial score (nSPS) is 25.4. The molecule has 2 aromatic carbocycles. The number of likely N-dealkylation sites (tertiary alicyclic amines) is 1. The van der Waals surface area contributed by atoms with Crippen LogP contribution in [0.4, 0.5) is 4.39 Å². The van der Waals surface area contributed by atoms with Crippen molar-refractivity contribution in [2.24, 2.45) is 0 Å². The highest BCUT2D eigenvalue weighted by Gasteiger charge is 2.41. The van der Waals surface area contributed by atoms with Gasteiger partial charge in [0.05, 0.1) is 4.90 Å². The minimum Gasteiger partial charge on any atom is -0.305 e. The maximum Gasteiger partial charge on any atom is 0.175 e. The van der Waals surface area contributed by atoms with Gasteiger partial charge in [-0.2, -0.15) is 0 Å². The largest absolute Gasteiger partial charge is 0.305 e. The Morgan fingerprint density at radius 1 is 1.07 bits per heavy atom. The van der Waals surface area contributed by atoms with Crippen LogP contribution in [0.2, 0.25) is 0 Å². The van der Waals surface area contributed by atoms with Crippen LogP contribution in [0, 0.1) is 5.82 Å². The molecular formula is C22H27FN2O2S. The standard InChI is InChI=1S/C22H27FN2O2S/c1-24(2)21-14-25(20-12-9-16-5-4-6-19(23)22(16)20)13-18(21)15-7-10-17(11-8-15)28(3,26)27/h4-8,10-11,18,20-21H,9,12-14H2,1-3H3/t18-,20-,21+/m0/s1. The van der Waals surface area contributed by atoms with Crippen molar-refractivity contribution < 1.29 is 12.8 Å². The third-order valence-electron chi connectivity index (χ3n) is 6.32. The predicted octanol–water partition coefficient (Wildman–Crippen LogP) is 3.25. The highest BCUT2D eigenvalue weighted by molar-refractivity contribution is 7.90. The van der Waals surface area contributed by atoms with E-state index in [2.05, 4.69) is 23.9 Å². The number of likely N-dealkylation sites (N-methyl/N-ethyl adjacent to an activating group) is 1. The van der Waals surface area contributed by atoms with E-state index < -0.39 is 9.84 Å². The van der Waals surface area contributed by atoms with Crippen LogP contribution in [0.1, 0.15) is 35.1 Å². The van der Waals surface area contributed by atoms with Crippen molar-refractivity contribution in [3.63, 3.8) is 0 Å². The van der Waals surface area contributed by atoms with Crippen molar-refractivity contribution in [2.75, 3.05) is 33.4 Å². The van der Waals surface area contributed by atoms with Gasteiger partial charge in [-0.05, 0) is 56.3 Å². The molecule has 0 radical (unpaired) electrons. The molecule has 0 N–H and O–H groups in total. The highest BCUT2D eigenvalue weighted by atomic mass is 32.2. The van der Waals surface area contributed by atoms with Crippen molar-refractivity contribution in [3.8, 4) is 0 Å². The summed E-state index contributed by atoms with van der Waals surface area (Å²) in [5, 5.41) is 0. The average molecular weight is 403 g/mol. The Kier molecular flexibility index (Phi) is 5.06. The van der Waals surface area contributed by atoms with Crippen molar-refractivity contribution in [3.05, 3.63) is 65.0 Å². The van der Waals surface area contributed by atoms with Gasteiger partial charge in [0.1, 0.15) is 5.82 Å². The van der Waals surface area contributed by atoms with Crippen LogP contribution < -0.4 is 0 Å². The Balaban J connectivity index is 1.62. The third-order valence-corrected chi connectivity index (χ3v) is 7.45. The van der Waals surface area contributed by atoms with Crippen molar-refractivity contribution in [1.82, 2.24) is 9.80 Å². The second-order valence-corrected chi connectivity index (χ2v) is 10.3. The molecule has 4 rings (SSSR count). The van der Waals surface area contributed by atoms with E-state index in [-0.39, 0.29) is 17.8 Å². The fourth-order valence-electron chi connectivity index (χ4n) is 4.86. The lowest BCUT2D eigenvalue weighted by atomic mass is 9.94. The summed E-state index contributed by atoms with van der Waals surface area (Å²) >= 11 is 0. The van der Waals surface area contributed by atoms with Gasteiger partial charge >= 0.3 is 0 Å². The molecule has 0 aromatic heterocycles. The lowest BCUT2D eigenvalue weighted by Crippen LogP contribution is -2.35. The molecule has 28 heavy (non-hydrogen) atoms. The maximum absolute atomic E-state index is 14.5. The number of hydrogen-bond donors (Lipinski definition) is 0. The fraction of sp³-hybridized carbons (Fsp3) is 0.455. The van der Waals surface area contributed by atoms with E-state index in [1.165, 1.54) is 6.26 Å². The van der Waals surface area contributed by atoms with Crippen LogP contribution in [0.25, 0.3) is 0 Å². The summed E-state index contributed by atoms with van der Waals surface area (Å²) in [6.07, 6.45) is 3.11. The van der Waals surface area contributed by atoms with Gasteiger partial charge in [0, 0.05) is 42.9 Å². The number of hydrogen-bond acceptors (Lipinski definition) is 4. The minimum absolute atomic E-state index is 0.0950. The first-order chi connectivity index (χ1) is 13.3. The topological polar surface area (TPSA) is 40.6 Å². The third kappa shape index (κ3) is 3.49. The van der Waals surface area contributed by atoms with Crippen molar-refractivity contribution >= 4 is 9.84 Å². The van der Waals surface area contributed by atoms with Crippen LogP contribution in [0.5, 0.6) is 0 Å². The summed E-state index contributed by atoms with van der Waals surface area (Å²) in [5.74, 6) is 0.168. The lowest BCUT2D eigenvalue weighted by molar-refractivity contribution is 0.213. The molecule has 4 nitrogen and oxygen atoms in total. The van der Waals surface area contributed by atoms with Gasteiger partial charge in [0.15, 0.2) is 9.84 Å². The summed E-state index contributed by atoms with van der Waals surface area (Å²) in [6, 6.07) is 13.1. The molecule has 150 valence electrons. The van der Waals surface area contributed by atoms with Gasteiger partial charge in [-0.25, -0.2) is 12.8 Å². The number of aryl methyl sites for hydroxylation is 1. The Morgan fingerprint density at radius 3 is 2.43 bits per heavy atom. The molecular weight excluding hydrogens is 375 g/mol. The number of benzene rings is 2. The van der Waals surface area contributed by atoms with Crippen LogP contribution in [-0.4, -0.2) is 57.7 Å². The Hall–Kier alpha value is -1.76. The second-order valence-electron chi connectivity index (χ2n) is 8.30. The Bertz CT molecular complexity index is 973. The molecule has 6 heteroatoms. The summed E-state index contributed by atoms with van der Waals surface area (Å²) in [7, 11) is 0.960. The second kappa shape index (κ2) is 7.25. The number of rotatable bonds is 4. The van der Waals surface area contributed by atoms with Gasteiger partial charge < -0.3 is 4.90 Å². The highest BCUT2D eigenvalue weighted by Crippen LogP contribution is 2.42. The number of sulfone groups is 1. The van der Waals surface area contributed by atoms with Gasteiger partial charge in [0.25, 0.3) is 0 Å². The molecule has 2 aliphatic rings. The fourth-order valence-corrected chi connectivity index (χ4v) is 5.49. The molecule has 0 bridgehead atoms. The average Bonchev–Trinajstić information content (AvgIpc) is 3.26. The zero-order chi connectivity index (χ0) is 20.1. The first kappa shape index (κ1) is 19.6. The smallest absolute Gasteiger partial charge is 0.175 e. The van der Waals surface area contributed by atoms with Gasteiger partial charge in [-0.15, -0.1) is 0 Å². The predicted molar refractivity (Wildman–Crippen MR) is 109 cm³/mol. The number of fused-ring (bicyclic) bond motifs is 1. The van der Waals surface area contributed by atoms with E-state index in [9.17, 15) is 12.8 Å². The zero-order valence-electron chi connectivity index (χ0n) is 16.6. The molecule has 1 aliphatic heterocycles. The first-order valence-corrected chi connectivity index (χ1v) is 11.6. The first-order valence-electron chi connectivity index (χ1n) is 9.73. The van der Waals surface area contributed by atoms with Crippen LogP contribution in [0.3, 0.4) is 0 Å². The SMILES string of the molecule is CN(C)[C@@H]1CN([C@H]2CCc3cccc(F)c32)C[C@H]1c1ccc(S(C)(=O)=O)cc1. The van der Waals surface area contributed by atoms with Gasteiger partial charge in [-0.3, -0.25) is 4.90 Å². The molecule has 0 spiro atoms. The van der Waals surface area contributed by atoms with Crippen molar-refractivity contribution in [1.29, 1.82) is 0 Å². The van der Waals surface area contributed by atoms with E-state index in [0.717, 1.165) is 42.6 Å². The Morgan fingerprint density at radius 2 is 1.79 bits per heavy atom. The van der Waals surface area contributed by atoms with Crippen LogP contribution >= 0.6 is 0 Å². The molecule has 0 amide bonds. The van der Waals surface area contributed by atoms with Gasteiger partial charge in [-0.1, -0.05) is 24.3 Å². The molecule has 1 heterocycles. The molecule has 3 atom stereocenters. The summed E-state index contributed by atoms with van der Waals surface area (Å²) in [6.45, 7) is 1.73. The van der Waals surface area contributed by atoms with Crippen LogP contribution in [-0.2, 0) is 16.3 Å². The van der Waals surface area contributed by atoms with E-state index in [1.807, 2.05) is 18.2 Å². The number of nitrogens with zero attached hydrogens (tertiary/aromatic N) is 2.